The number of benzene rings is 2. The third kappa shape index (κ3) is 4.91. The summed E-state index contributed by atoms with van der Waals surface area (Å²) in [5.74, 6) is 0.580. The van der Waals surface area contributed by atoms with Crippen molar-refractivity contribution in [2.24, 2.45) is 0 Å². The summed E-state index contributed by atoms with van der Waals surface area (Å²) < 4.78 is 5.28. The number of carbonyl (C=O) groups is 2. The molecule has 0 spiro atoms. The highest BCUT2D eigenvalue weighted by Crippen LogP contribution is 2.26. The molecule has 8 nitrogen and oxygen atoms in total. The second-order valence-electron chi connectivity index (χ2n) is 5.70. The zero-order valence-electron chi connectivity index (χ0n) is 14.7. The number of rotatable bonds is 7. The molecule has 0 unspecified atom stereocenters. The molecule has 0 fully saturated rings. The highest BCUT2D eigenvalue weighted by atomic mass is 16.5. The van der Waals surface area contributed by atoms with E-state index in [2.05, 4.69) is 25.8 Å². The third-order valence-electron chi connectivity index (χ3n) is 3.75. The van der Waals surface area contributed by atoms with Gasteiger partial charge in [0.05, 0.1) is 25.6 Å². The summed E-state index contributed by atoms with van der Waals surface area (Å²) in [5.41, 5.74) is 1.61. The van der Waals surface area contributed by atoms with E-state index >= 15 is 0 Å². The van der Waals surface area contributed by atoms with Crippen LogP contribution in [0.5, 0.6) is 5.75 Å². The summed E-state index contributed by atoms with van der Waals surface area (Å²) in [7, 11) is 1.57. The molecule has 0 atom stereocenters. The van der Waals surface area contributed by atoms with Crippen molar-refractivity contribution in [1.29, 1.82) is 0 Å². The molecule has 0 radical (unpaired) electrons. The van der Waals surface area contributed by atoms with Crippen molar-refractivity contribution < 1.29 is 14.3 Å². The predicted molar refractivity (Wildman–Crippen MR) is 100 cm³/mol. The Morgan fingerprint density at radius 2 is 1.78 bits per heavy atom. The number of H-pyrrole nitrogens is 1. The Kier molecular flexibility index (Phi) is 5.78. The SMILES string of the molecule is COc1ccccc1-c1nc(NC(=O)CNC(=O)Cc2ccccc2)n[nH]1. The molecular formula is C19H19N5O3. The van der Waals surface area contributed by atoms with Gasteiger partial charge in [-0.25, -0.2) is 0 Å². The van der Waals surface area contributed by atoms with Gasteiger partial charge in [-0.15, -0.1) is 5.10 Å². The molecule has 1 heterocycles. The standard InChI is InChI=1S/C19H19N5O3/c1-27-15-10-6-5-9-14(15)18-22-19(24-23-18)21-17(26)12-20-16(25)11-13-7-3-2-4-8-13/h2-10H,11-12H2,1H3,(H,20,25)(H2,21,22,23,24,26). The van der Waals surface area contributed by atoms with Crippen LogP contribution >= 0.6 is 0 Å². The van der Waals surface area contributed by atoms with Crippen LogP contribution in [0.4, 0.5) is 5.95 Å². The van der Waals surface area contributed by atoms with E-state index in [9.17, 15) is 9.59 Å². The molecule has 1 aromatic heterocycles. The topological polar surface area (TPSA) is 109 Å². The van der Waals surface area contributed by atoms with Crippen LogP contribution < -0.4 is 15.4 Å². The minimum Gasteiger partial charge on any atom is -0.496 e. The maximum atomic E-state index is 12.0. The zero-order valence-corrected chi connectivity index (χ0v) is 14.7. The van der Waals surface area contributed by atoms with Gasteiger partial charge in [-0.2, -0.15) is 4.98 Å². The summed E-state index contributed by atoms with van der Waals surface area (Å²) in [6, 6.07) is 16.6. The second-order valence-corrected chi connectivity index (χ2v) is 5.70. The van der Waals surface area contributed by atoms with Crippen molar-refractivity contribution in [3.05, 3.63) is 60.2 Å². The normalized spacial score (nSPS) is 10.3. The van der Waals surface area contributed by atoms with Gasteiger partial charge >= 0.3 is 0 Å². The smallest absolute Gasteiger partial charge is 0.249 e. The lowest BCUT2D eigenvalue weighted by Gasteiger charge is -2.05. The number of amides is 2. The van der Waals surface area contributed by atoms with Gasteiger partial charge in [0.25, 0.3) is 0 Å². The number of nitrogens with one attached hydrogen (secondary N) is 3. The molecule has 3 N–H and O–H groups in total. The first-order chi connectivity index (χ1) is 13.2. The third-order valence-corrected chi connectivity index (χ3v) is 3.75. The monoisotopic (exact) mass is 365 g/mol. The zero-order chi connectivity index (χ0) is 19.1. The molecule has 2 aromatic carbocycles. The number of ether oxygens (including phenoxy) is 1. The van der Waals surface area contributed by atoms with E-state index < -0.39 is 5.91 Å². The minimum absolute atomic E-state index is 0.123. The van der Waals surface area contributed by atoms with Crippen LogP contribution in [-0.2, 0) is 16.0 Å². The fraction of sp³-hybridized carbons (Fsp3) is 0.158. The highest BCUT2D eigenvalue weighted by molar-refractivity contribution is 5.93. The van der Waals surface area contributed by atoms with Gasteiger partial charge < -0.3 is 10.1 Å². The number of para-hydroxylation sites is 1. The Labute approximate surface area is 156 Å². The van der Waals surface area contributed by atoms with Gasteiger partial charge in [-0.3, -0.25) is 20.0 Å². The van der Waals surface area contributed by atoms with Crippen LogP contribution in [0.2, 0.25) is 0 Å². The molecule has 138 valence electrons. The number of nitrogens with zero attached hydrogens (tertiary/aromatic N) is 2. The first-order valence-corrected chi connectivity index (χ1v) is 8.32. The molecule has 3 aromatic rings. The molecule has 0 aliphatic rings. The van der Waals surface area contributed by atoms with Gasteiger partial charge in [0.1, 0.15) is 5.75 Å². The average Bonchev–Trinajstić information content (AvgIpc) is 3.15. The van der Waals surface area contributed by atoms with E-state index in [-0.39, 0.29) is 24.8 Å². The number of methoxy groups -OCH3 is 1. The van der Waals surface area contributed by atoms with Crippen molar-refractivity contribution >= 4 is 17.8 Å². The molecule has 0 bridgehead atoms. The summed E-state index contributed by atoms with van der Waals surface area (Å²) in [5, 5.41) is 11.8. The Hall–Kier alpha value is -3.68. The van der Waals surface area contributed by atoms with Crippen molar-refractivity contribution in [3.8, 4) is 17.1 Å². The maximum absolute atomic E-state index is 12.0. The van der Waals surface area contributed by atoms with Crippen LogP contribution in [0.3, 0.4) is 0 Å². The van der Waals surface area contributed by atoms with Crippen molar-refractivity contribution in [2.75, 3.05) is 19.0 Å². The number of anilines is 1. The van der Waals surface area contributed by atoms with E-state index in [1.54, 1.807) is 13.2 Å². The molecule has 27 heavy (non-hydrogen) atoms. The second kappa shape index (κ2) is 8.61. The minimum atomic E-state index is -0.415. The molecule has 2 amide bonds. The van der Waals surface area contributed by atoms with E-state index in [1.165, 1.54) is 0 Å². The largest absolute Gasteiger partial charge is 0.496 e. The lowest BCUT2D eigenvalue weighted by molar-refractivity contribution is -0.123. The van der Waals surface area contributed by atoms with Crippen molar-refractivity contribution in [3.63, 3.8) is 0 Å². The van der Waals surface area contributed by atoms with Gasteiger partial charge in [0.15, 0.2) is 5.82 Å². The number of aromatic amines is 1. The number of hydrogen-bond donors (Lipinski definition) is 3. The van der Waals surface area contributed by atoms with Gasteiger partial charge in [0.2, 0.25) is 17.8 Å². The lowest BCUT2D eigenvalue weighted by atomic mass is 10.1. The van der Waals surface area contributed by atoms with E-state index in [0.29, 0.717) is 11.6 Å². The quantitative estimate of drug-likeness (QED) is 0.591. The van der Waals surface area contributed by atoms with E-state index in [0.717, 1.165) is 11.1 Å². The first-order valence-electron chi connectivity index (χ1n) is 8.32. The molecular weight excluding hydrogens is 346 g/mol. The molecule has 8 heteroatoms. The van der Waals surface area contributed by atoms with Crippen LogP contribution in [0.25, 0.3) is 11.4 Å². The van der Waals surface area contributed by atoms with Gasteiger partial charge in [0, 0.05) is 0 Å². The Morgan fingerprint density at radius 1 is 1.04 bits per heavy atom. The van der Waals surface area contributed by atoms with Crippen molar-refractivity contribution in [2.45, 2.75) is 6.42 Å². The predicted octanol–water partition coefficient (Wildman–Crippen LogP) is 1.78. The Morgan fingerprint density at radius 3 is 2.56 bits per heavy atom. The van der Waals surface area contributed by atoms with Crippen LogP contribution in [-0.4, -0.2) is 40.7 Å². The summed E-state index contributed by atoms with van der Waals surface area (Å²) >= 11 is 0. The Bertz CT molecular complexity index is 924. The molecule has 0 saturated carbocycles. The fourth-order valence-electron chi connectivity index (χ4n) is 2.47. The molecule has 0 saturated heterocycles. The molecule has 3 rings (SSSR count). The summed E-state index contributed by atoms with van der Waals surface area (Å²) in [4.78, 5) is 28.1. The van der Waals surface area contributed by atoms with Gasteiger partial charge in [-0.05, 0) is 17.7 Å². The molecule has 0 aliphatic heterocycles. The number of carbonyl (C=O) groups excluding carboxylic acids is 2. The lowest BCUT2D eigenvalue weighted by Crippen LogP contribution is -2.34. The number of hydrogen-bond acceptors (Lipinski definition) is 5. The maximum Gasteiger partial charge on any atom is 0.249 e. The number of aromatic nitrogens is 3. The van der Waals surface area contributed by atoms with Gasteiger partial charge in [-0.1, -0.05) is 42.5 Å². The van der Waals surface area contributed by atoms with Crippen LogP contribution in [0.1, 0.15) is 5.56 Å². The first kappa shape index (κ1) is 18.1. The highest BCUT2D eigenvalue weighted by Gasteiger charge is 2.13. The van der Waals surface area contributed by atoms with Crippen LogP contribution in [0, 0.1) is 0 Å². The average molecular weight is 365 g/mol. The van der Waals surface area contributed by atoms with Crippen LogP contribution in [0.15, 0.2) is 54.6 Å². The van der Waals surface area contributed by atoms with Crippen molar-refractivity contribution in [1.82, 2.24) is 20.5 Å². The summed E-state index contributed by atoms with van der Waals surface area (Å²) in [6.07, 6.45) is 0.215. The van der Waals surface area contributed by atoms with E-state index in [4.69, 9.17) is 4.74 Å². The van der Waals surface area contributed by atoms with E-state index in [1.807, 2.05) is 48.5 Å². The fourth-order valence-corrected chi connectivity index (χ4v) is 2.47. The Balaban J connectivity index is 1.53. The molecule has 0 aliphatic carbocycles. The summed E-state index contributed by atoms with van der Waals surface area (Å²) in [6.45, 7) is -0.163.